The third kappa shape index (κ3) is 1.86. The maximum Gasteiger partial charge on any atom is 0.220 e. The Hall–Kier alpha value is -1.96. The summed E-state index contributed by atoms with van der Waals surface area (Å²) in [4.78, 5) is 11.1. The molecule has 0 spiro atoms. The lowest BCUT2D eigenvalue weighted by Gasteiger charge is -2.14. The van der Waals surface area contributed by atoms with Crippen molar-refractivity contribution < 1.29 is 4.79 Å². The predicted octanol–water partition coefficient (Wildman–Crippen LogP) is 0.837. The molecule has 1 aliphatic heterocycles. The average molecular weight is 232 g/mol. The van der Waals surface area contributed by atoms with Crippen LogP contribution in [0.2, 0.25) is 0 Å². The second-order valence-electron chi connectivity index (χ2n) is 4.50. The third-order valence-electron chi connectivity index (χ3n) is 3.47. The largest absolute Gasteiger partial charge is 0.384 e. The highest BCUT2D eigenvalue weighted by atomic mass is 16.1. The van der Waals surface area contributed by atoms with Gasteiger partial charge in [0.2, 0.25) is 5.91 Å². The van der Waals surface area contributed by atoms with Crippen molar-refractivity contribution in [3.05, 3.63) is 16.8 Å². The molecule has 1 aromatic heterocycles. The summed E-state index contributed by atoms with van der Waals surface area (Å²) in [5, 5.41) is 11.9. The van der Waals surface area contributed by atoms with Crippen molar-refractivity contribution in [3.63, 3.8) is 0 Å². The second-order valence-corrected chi connectivity index (χ2v) is 4.50. The molecule has 1 saturated heterocycles. The van der Waals surface area contributed by atoms with E-state index in [4.69, 9.17) is 11.0 Å². The van der Waals surface area contributed by atoms with Crippen LogP contribution in [0.4, 0.5) is 5.82 Å². The molecule has 1 aliphatic rings. The van der Waals surface area contributed by atoms with Gasteiger partial charge in [0.1, 0.15) is 11.9 Å². The van der Waals surface area contributed by atoms with Gasteiger partial charge in [0.25, 0.3) is 0 Å². The monoisotopic (exact) mass is 232 g/mol. The molecule has 3 N–H and O–H groups in total. The van der Waals surface area contributed by atoms with E-state index in [9.17, 15) is 4.79 Å². The molecule has 1 aromatic rings. The number of anilines is 1. The quantitative estimate of drug-likeness (QED) is 0.792. The summed E-state index contributed by atoms with van der Waals surface area (Å²) in [5.74, 6) is 0.597. The van der Waals surface area contributed by atoms with Crippen molar-refractivity contribution in [2.75, 3.05) is 5.73 Å². The summed E-state index contributed by atoms with van der Waals surface area (Å²) in [5.41, 5.74) is 8.43. The molecule has 0 aromatic carbocycles. The number of nitriles is 1. The number of carbonyl (C=O) groups is 1. The molecule has 0 bridgehead atoms. The molecular weight excluding hydrogens is 216 g/mol. The SMILES string of the molecule is Cc1c(C#N)c(N)n(CC2CCC(=O)N2)c1C. The van der Waals surface area contributed by atoms with Gasteiger partial charge in [0.15, 0.2) is 0 Å². The number of aromatic nitrogens is 1. The number of hydrogen-bond acceptors (Lipinski definition) is 3. The zero-order valence-electron chi connectivity index (χ0n) is 10.1. The Bertz CT molecular complexity index is 510. The van der Waals surface area contributed by atoms with Gasteiger partial charge in [-0.05, 0) is 25.8 Å². The lowest BCUT2D eigenvalue weighted by Crippen LogP contribution is -2.30. The highest BCUT2D eigenvalue weighted by molar-refractivity contribution is 5.78. The first-order valence-corrected chi connectivity index (χ1v) is 5.69. The Morgan fingerprint density at radius 3 is 2.76 bits per heavy atom. The van der Waals surface area contributed by atoms with Gasteiger partial charge in [-0.1, -0.05) is 0 Å². The number of nitrogen functional groups attached to an aromatic ring is 1. The van der Waals surface area contributed by atoms with Crippen LogP contribution in [0.25, 0.3) is 0 Å². The van der Waals surface area contributed by atoms with Gasteiger partial charge in [-0.2, -0.15) is 5.26 Å². The van der Waals surface area contributed by atoms with Crippen molar-refractivity contribution >= 4 is 11.7 Å². The normalized spacial score (nSPS) is 19.1. The zero-order valence-corrected chi connectivity index (χ0v) is 10.1. The van der Waals surface area contributed by atoms with E-state index in [1.54, 1.807) is 0 Å². The molecule has 2 rings (SSSR count). The van der Waals surface area contributed by atoms with Gasteiger partial charge in [-0.15, -0.1) is 0 Å². The van der Waals surface area contributed by atoms with E-state index in [-0.39, 0.29) is 11.9 Å². The van der Waals surface area contributed by atoms with E-state index in [2.05, 4.69) is 11.4 Å². The molecule has 0 radical (unpaired) electrons. The number of nitrogens with zero attached hydrogens (tertiary/aromatic N) is 2. The maximum absolute atomic E-state index is 11.1. The van der Waals surface area contributed by atoms with E-state index < -0.39 is 0 Å². The summed E-state index contributed by atoms with van der Waals surface area (Å²) in [6.07, 6.45) is 1.41. The van der Waals surface area contributed by atoms with Gasteiger partial charge < -0.3 is 15.6 Å². The first-order valence-electron chi connectivity index (χ1n) is 5.69. The number of nitrogens with one attached hydrogen (secondary N) is 1. The molecule has 1 atom stereocenters. The number of hydrogen-bond donors (Lipinski definition) is 2. The van der Waals surface area contributed by atoms with Crippen molar-refractivity contribution in [2.45, 2.75) is 39.3 Å². The van der Waals surface area contributed by atoms with Crippen LogP contribution in [0.15, 0.2) is 0 Å². The highest BCUT2D eigenvalue weighted by Crippen LogP contribution is 2.24. The Balaban J connectivity index is 2.28. The standard InChI is InChI=1S/C12H16N4O/c1-7-8(2)16(12(14)10(7)5-13)6-9-3-4-11(17)15-9/h9H,3-4,6,14H2,1-2H3,(H,15,17). The molecule has 90 valence electrons. The summed E-state index contributed by atoms with van der Waals surface area (Å²) in [7, 11) is 0. The molecule has 1 fully saturated rings. The molecule has 0 saturated carbocycles. The minimum absolute atomic E-state index is 0.0932. The number of carbonyl (C=O) groups excluding carboxylic acids is 1. The van der Waals surface area contributed by atoms with Crippen LogP contribution >= 0.6 is 0 Å². The third-order valence-corrected chi connectivity index (χ3v) is 3.47. The Labute approximate surface area is 100 Å². The van der Waals surface area contributed by atoms with Crippen LogP contribution in [0.3, 0.4) is 0 Å². The number of rotatable bonds is 2. The van der Waals surface area contributed by atoms with Crippen LogP contribution in [-0.4, -0.2) is 16.5 Å². The average Bonchev–Trinajstić information content (AvgIpc) is 2.78. The highest BCUT2D eigenvalue weighted by Gasteiger charge is 2.23. The van der Waals surface area contributed by atoms with E-state index in [1.807, 2.05) is 18.4 Å². The lowest BCUT2D eigenvalue weighted by molar-refractivity contribution is -0.119. The van der Waals surface area contributed by atoms with Crippen molar-refractivity contribution in [2.24, 2.45) is 0 Å². The summed E-state index contributed by atoms with van der Waals surface area (Å²) in [6.45, 7) is 4.49. The summed E-state index contributed by atoms with van der Waals surface area (Å²) < 4.78 is 1.92. The van der Waals surface area contributed by atoms with E-state index >= 15 is 0 Å². The molecule has 2 heterocycles. The van der Waals surface area contributed by atoms with Crippen LogP contribution in [-0.2, 0) is 11.3 Å². The second kappa shape index (κ2) is 4.13. The first-order chi connectivity index (χ1) is 8.04. The predicted molar refractivity (Wildman–Crippen MR) is 64.2 cm³/mol. The van der Waals surface area contributed by atoms with Crippen LogP contribution in [0, 0.1) is 25.2 Å². The van der Waals surface area contributed by atoms with Gasteiger partial charge in [-0.25, -0.2) is 0 Å². The van der Waals surface area contributed by atoms with Gasteiger partial charge >= 0.3 is 0 Å². The van der Waals surface area contributed by atoms with Crippen LogP contribution < -0.4 is 11.1 Å². The fraction of sp³-hybridized carbons (Fsp3) is 0.500. The molecule has 0 aliphatic carbocycles. The van der Waals surface area contributed by atoms with E-state index in [0.29, 0.717) is 24.3 Å². The smallest absolute Gasteiger partial charge is 0.220 e. The van der Waals surface area contributed by atoms with Gasteiger partial charge in [0.05, 0.1) is 5.56 Å². The molecule has 17 heavy (non-hydrogen) atoms. The maximum atomic E-state index is 11.1. The fourth-order valence-electron chi connectivity index (χ4n) is 2.30. The molecule has 1 unspecified atom stereocenters. The van der Waals surface area contributed by atoms with E-state index in [0.717, 1.165) is 17.7 Å². The van der Waals surface area contributed by atoms with Crippen molar-refractivity contribution in [1.29, 1.82) is 5.26 Å². The zero-order chi connectivity index (χ0) is 12.6. The summed E-state index contributed by atoms with van der Waals surface area (Å²) >= 11 is 0. The molecule has 5 heteroatoms. The first kappa shape index (κ1) is 11.5. The minimum atomic E-state index is 0.0932. The topological polar surface area (TPSA) is 83.8 Å². The minimum Gasteiger partial charge on any atom is -0.384 e. The summed E-state index contributed by atoms with van der Waals surface area (Å²) in [6, 6.07) is 2.25. The molecule has 1 amide bonds. The van der Waals surface area contributed by atoms with E-state index in [1.165, 1.54) is 0 Å². The number of nitrogens with two attached hydrogens (primary N) is 1. The van der Waals surface area contributed by atoms with Crippen LogP contribution in [0.1, 0.15) is 29.7 Å². The lowest BCUT2D eigenvalue weighted by atomic mass is 10.2. The van der Waals surface area contributed by atoms with Crippen molar-refractivity contribution in [3.8, 4) is 6.07 Å². The number of amides is 1. The molecular formula is C12H16N4O. The Kier molecular flexibility index (Phi) is 2.80. The molecule has 5 nitrogen and oxygen atoms in total. The Morgan fingerprint density at radius 2 is 2.29 bits per heavy atom. The van der Waals surface area contributed by atoms with Crippen molar-refractivity contribution in [1.82, 2.24) is 9.88 Å². The van der Waals surface area contributed by atoms with Crippen LogP contribution in [0.5, 0.6) is 0 Å². The Morgan fingerprint density at radius 1 is 1.59 bits per heavy atom. The van der Waals surface area contributed by atoms with Gasteiger partial charge in [-0.3, -0.25) is 4.79 Å². The fourth-order valence-corrected chi connectivity index (χ4v) is 2.30. The van der Waals surface area contributed by atoms with Gasteiger partial charge in [0, 0.05) is 24.7 Å².